The molecule has 4 rings (SSSR count). The number of hydrogen-bond acceptors (Lipinski definition) is 8. The van der Waals surface area contributed by atoms with E-state index in [1.807, 2.05) is 43.3 Å². The molecule has 0 amide bonds. The molecule has 4 N–H and O–H groups in total. The smallest absolute Gasteiger partial charge is 0.323 e. The number of nitriles is 1. The lowest BCUT2D eigenvalue weighted by molar-refractivity contribution is -0.143. The zero-order valence-corrected chi connectivity index (χ0v) is 27.4. The number of pyridine rings is 1. The summed E-state index contributed by atoms with van der Waals surface area (Å²) in [5, 5.41) is 22.3. The molecular weight excluding hydrogens is 627 g/mol. The van der Waals surface area contributed by atoms with Gasteiger partial charge in [0.1, 0.15) is 42.1 Å². The van der Waals surface area contributed by atoms with Crippen LogP contribution in [0.15, 0.2) is 67.0 Å². The molecule has 0 saturated heterocycles. The number of carbonyl (C=O) groups is 1. The van der Waals surface area contributed by atoms with E-state index >= 15 is 0 Å². The molecule has 4 aromatic rings. The number of aromatic nitrogens is 1. The number of carboxylic acids is 1. The molecule has 0 aliphatic carbocycles. The number of hydrogen-bond donors (Lipinski definition) is 3. The Kier molecular flexibility index (Phi) is 11.9. The highest BCUT2D eigenvalue weighted by atomic mass is 35.5. The fourth-order valence-electron chi connectivity index (χ4n) is 4.62. The fourth-order valence-corrected chi connectivity index (χ4v) is 5.14. The third-order valence-electron chi connectivity index (χ3n) is 7.42. The Morgan fingerprint density at radius 1 is 0.978 bits per heavy atom. The number of carboxylic acid groups (broad SMARTS) is 1. The van der Waals surface area contributed by atoms with Crippen molar-refractivity contribution in [2.24, 2.45) is 5.73 Å². The van der Waals surface area contributed by atoms with Gasteiger partial charge in [0.05, 0.1) is 22.2 Å². The van der Waals surface area contributed by atoms with E-state index in [4.69, 9.17) is 48.4 Å². The van der Waals surface area contributed by atoms with E-state index in [1.54, 1.807) is 38.2 Å². The van der Waals surface area contributed by atoms with E-state index in [2.05, 4.69) is 16.4 Å². The van der Waals surface area contributed by atoms with E-state index < -0.39 is 11.5 Å². The van der Waals surface area contributed by atoms with Crippen molar-refractivity contribution >= 4 is 29.2 Å². The van der Waals surface area contributed by atoms with Crippen LogP contribution >= 0.6 is 23.2 Å². The Labute approximate surface area is 278 Å². The van der Waals surface area contributed by atoms with Gasteiger partial charge in [0.15, 0.2) is 0 Å². The largest absolute Gasteiger partial charge is 0.492 e. The van der Waals surface area contributed by atoms with Crippen LogP contribution in [0.25, 0.3) is 11.1 Å². The van der Waals surface area contributed by atoms with Gasteiger partial charge in [-0.25, -0.2) is 0 Å². The summed E-state index contributed by atoms with van der Waals surface area (Å²) in [4.78, 5) is 15.4. The van der Waals surface area contributed by atoms with E-state index in [-0.39, 0.29) is 19.8 Å². The zero-order chi connectivity index (χ0) is 33.3. The molecule has 0 aliphatic heterocycles. The average molecular weight is 664 g/mol. The highest BCUT2D eigenvalue weighted by Gasteiger charge is 2.25. The van der Waals surface area contributed by atoms with Crippen molar-refractivity contribution in [3.05, 3.63) is 105 Å². The van der Waals surface area contributed by atoms with Gasteiger partial charge in [-0.2, -0.15) is 5.26 Å². The molecule has 240 valence electrons. The first-order valence-electron chi connectivity index (χ1n) is 14.6. The van der Waals surface area contributed by atoms with Crippen molar-refractivity contribution in [2.45, 2.75) is 52.5 Å². The number of nitrogens with two attached hydrogens (primary N) is 1. The lowest BCUT2D eigenvalue weighted by atomic mass is 9.96. The molecule has 0 fully saturated rings. The van der Waals surface area contributed by atoms with Gasteiger partial charge >= 0.3 is 5.97 Å². The molecule has 1 aromatic heterocycles. The number of ether oxygens (including phenoxy) is 3. The predicted octanol–water partition coefficient (Wildman–Crippen LogP) is 7.07. The van der Waals surface area contributed by atoms with E-state index in [0.29, 0.717) is 52.4 Å². The number of halogens is 2. The molecule has 3 aromatic carbocycles. The number of benzene rings is 3. The topological polar surface area (TPSA) is 140 Å². The van der Waals surface area contributed by atoms with Crippen LogP contribution in [-0.4, -0.2) is 34.8 Å². The first-order chi connectivity index (χ1) is 22.0. The molecule has 0 saturated carbocycles. The number of aliphatic carboxylic acids is 1. The lowest BCUT2D eigenvalue weighted by Crippen LogP contribution is -2.47. The maximum Gasteiger partial charge on any atom is 0.323 e. The Bertz CT molecular complexity index is 1740. The summed E-state index contributed by atoms with van der Waals surface area (Å²) in [5.41, 5.74) is 10.5. The van der Waals surface area contributed by atoms with Crippen molar-refractivity contribution in [3.8, 4) is 34.4 Å². The summed E-state index contributed by atoms with van der Waals surface area (Å²) < 4.78 is 18.2. The van der Waals surface area contributed by atoms with Crippen LogP contribution in [0.4, 0.5) is 0 Å². The van der Waals surface area contributed by atoms with E-state index in [0.717, 1.165) is 33.4 Å². The quantitative estimate of drug-likeness (QED) is 0.114. The summed E-state index contributed by atoms with van der Waals surface area (Å²) in [5.74, 6) is 0.607. The van der Waals surface area contributed by atoms with Crippen molar-refractivity contribution < 1.29 is 24.1 Å². The van der Waals surface area contributed by atoms with Gasteiger partial charge in [0.2, 0.25) is 0 Å². The second-order valence-electron chi connectivity index (χ2n) is 11.1. The van der Waals surface area contributed by atoms with Gasteiger partial charge < -0.3 is 30.4 Å². The second-order valence-corrected chi connectivity index (χ2v) is 11.9. The molecule has 0 aliphatic rings. The SMILES string of the molecule is Cc1c(COc2cc(OCc3cncc(C#N)c3)c(CN)cc2Cl)cccc1-c1cccc(OCCCNC(C)(C)C(=O)O)c1Cl. The summed E-state index contributed by atoms with van der Waals surface area (Å²) in [6, 6.07) is 18.8. The van der Waals surface area contributed by atoms with Crippen LogP contribution in [0.3, 0.4) is 0 Å². The van der Waals surface area contributed by atoms with Crippen LogP contribution in [-0.2, 0) is 24.6 Å². The summed E-state index contributed by atoms with van der Waals surface area (Å²) >= 11 is 13.4. The normalized spacial score (nSPS) is 11.2. The Morgan fingerprint density at radius 2 is 1.72 bits per heavy atom. The molecule has 9 nitrogen and oxygen atoms in total. The van der Waals surface area contributed by atoms with Crippen LogP contribution in [0.2, 0.25) is 10.0 Å². The lowest BCUT2D eigenvalue weighted by Gasteiger charge is -2.21. The van der Waals surface area contributed by atoms with Crippen LogP contribution in [0.5, 0.6) is 17.2 Å². The predicted molar refractivity (Wildman–Crippen MR) is 178 cm³/mol. The van der Waals surface area contributed by atoms with Crippen molar-refractivity contribution in [3.63, 3.8) is 0 Å². The first kappa shape index (κ1) is 34.5. The third-order valence-corrected chi connectivity index (χ3v) is 8.10. The monoisotopic (exact) mass is 662 g/mol. The Balaban J connectivity index is 1.45. The second kappa shape index (κ2) is 15.8. The van der Waals surface area contributed by atoms with Crippen molar-refractivity contribution in [1.82, 2.24) is 10.3 Å². The zero-order valence-electron chi connectivity index (χ0n) is 25.9. The van der Waals surface area contributed by atoms with Crippen molar-refractivity contribution in [1.29, 1.82) is 5.26 Å². The van der Waals surface area contributed by atoms with E-state index in [1.165, 1.54) is 6.20 Å². The number of rotatable bonds is 15. The maximum absolute atomic E-state index is 11.3. The fraction of sp³-hybridized carbons (Fsp3) is 0.286. The van der Waals surface area contributed by atoms with Crippen LogP contribution in [0.1, 0.15) is 48.1 Å². The van der Waals surface area contributed by atoms with Gasteiger partial charge in [-0.15, -0.1) is 0 Å². The third kappa shape index (κ3) is 8.68. The molecule has 46 heavy (non-hydrogen) atoms. The van der Waals surface area contributed by atoms with E-state index in [9.17, 15) is 9.90 Å². The van der Waals surface area contributed by atoms with Crippen LogP contribution in [0, 0.1) is 18.3 Å². The number of nitrogens with zero attached hydrogens (tertiary/aromatic N) is 2. The highest BCUT2D eigenvalue weighted by Crippen LogP contribution is 2.38. The van der Waals surface area contributed by atoms with Gasteiger partial charge in [0, 0.05) is 41.7 Å². The molecule has 0 radical (unpaired) electrons. The summed E-state index contributed by atoms with van der Waals surface area (Å²) in [6.45, 7) is 6.75. The van der Waals surface area contributed by atoms with Gasteiger partial charge in [-0.1, -0.05) is 53.5 Å². The summed E-state index contributed by atoms with van der Waals surface area (Å²) in [6.07, 6.45) is 3.74. The van der Waals surface area contributed by atoms with Gasteiger partial charge in [0.25, 0.3) is 0 Å². The molecule has 0 bridgehead atoms. The van der Waals surface area contributed by atoms with Crippen molar-refractivity contribution in [2.75, 3.05) is 13.2 Å². The maximum atomic E-state index is 11.3. The Hall–Kier alpha value is -4.33. The molecule has 11 heteroatoms. The molecular formula is C35H36Cl2N4O5. The molecule has 0 unspecified atom stereocenters. The minimum atomic E-state index is -1.01. The van der Waals surface area contributed by atoms with Gasteiger partial charge in [-0.05, 0) is 68.6 Å². The standard InChI is InChI=1S/C35H36Cl2N4O5/c1-22-25(21-46-32-15-31(26(17-39)14-29(32)36)45-20-24-13-23(16-38)18-40-19-24)7-4-8-27(22)28-9-5-10-30(33(28)37)44-12-6-11-41-35(2,3)34(42)43/h4-5,7-10,13-15,18-19,41H,6,11-12,17,20-21,39H2,1-3H3,(H,42,43). The molecule has 0 atom stereocenters. The highest BCUT2D eigenvalue weighted by molar-refractivity contribution is 6.35. The Morgan fingerprint density at radius 3 is 2.46 bits per heavy atom. The molecule has 0 spiro atoms. The molecule has 1 heterocycles. The first-order valence-corrected chi connectivity index (χ1v) is 15.4. The van der Waals surface area contributed by atoms with Gasteiger partial charge in [-0.3, -0.25) is 9.78 Å². The van der Waals surface area contributed by atoms with Crippen LogP contribution < -0.4 is 25.3 Å². The minimum Gasteiger partial charge on any atom is -0.492 e. The summed E-state index contributed by atoms with van der Waals surface area (Å²) in [7, 11) is 0. The number of nitrogens with one attached hydrogen (secondary N) is 1. The minimum absolute atomic E-state index is 0.196. The average Bonchev–Trinajstić information content (AvgIpc) is 3.04.